The number of anilines is 2. The third-order valence-electron chi connectivity index (χ3n) is 5.23. The molecule has 0 radical (unpaired) electrons. The molecule has 0 aliphatic carbocycles. The summed E-state index contributed by atoms with van der Waals surface area (Å²) in [6.45, 7) is 1.81. The maximum atomic E-state index is 13.1. The van der Waals surface area contributed by atoms with E-state index in [4.69, 9.17) is 5.26 Å². The van der Waals surface area contributed by atoms with Crippen LogP contribution < -0.4 is 26.2 Å². The molecule has 2 N–H and O–H groups in total. The zero-order valence-corrected chi connectivity index (χ0v) is 17.4. The quantitative estimate of drug-likeness (QED) is 0.486. The lowest BCUT2D eigenvalue weighted by molar-refractivity contribution is -0.253. The molecule has 2 aromatic carbocycles. The monoisotopic (exact) mass is 418 g/mol. The molecule has 4 rings (SSSR count). The van der Waals surface area contributed by atoms with Gasteiger partial charge in [-0.25, -0.2) is 4.89 Å². The normalized spacial score (nSPS) is 13.4. The average molecular weight is 418 g/mol. The van der Waals surface area contributed by atoms with Crippen molar-refractivity contribution in [3.8, 4) is 0 Å². The Morgan fingerprint density at radius 2 is 1.77 bits per heavy atom. The fraction of sp³-hybridized carbons (Fsp3) is 0.174. The van der Waals surface area contributed by atoms with Gasteiger partial charge in [-0.1, -0.05) is 24.3 Å². The molecule has 1 amide bonds. The molecule has 0 fully saturated rings. The standard InChI is InChI=1S/C23H22N4O4/c1-14-19(12-15-4-8-17(9-5-15)26(2)3)22(28)24-21-20(14)23(29)27(25-21)18-10-6-16(7-11-18)13-31-30/h4-12,30H,13H2,1-3H3,(H,24,25,28)/b19-12-. The Hall–Kier alpha value is -3.75. The summed E-state index contributed by atoms with van der Waals surface area (Å²) in [4.78, 5) is 34.7. The van der Waals surface area contributed by atoms with Crippen molar-refractivity contribution in [3.05, 3.63) is 91.8 Å². The Balaban J connectivity index is 1.73. The number of amides is 1. The van der Waals surface area contributed by atoms with E-state index in [1.54, 1.807) is 37.3 Å². The van der Waals surface area contributed by atoms with Crippen LogP contribution in [-0.2, 0) is 11.5 Å². The highest BCUT2D eigenvalue weighted by atomic mass is 17.1. The number of pyridine rings is 1. The SMILES string of the molecule is Cc1c2c([nH]c(=O)/c1=C\c1ccc(N(C)C)cc1)=NN(c1ccc(COO)cc1)C2=O. The van der Waals surface area contributed by atoms with Gasteiger partial charge in [0.15, 0.2) is 5.49 Å². The molecule has 31 heavy (non-hydrogen) atoms. The molecule has 0 atom stereocenters. The number of nitrogens with zero attached hydrogens (tertiary/aromatic N) is 3. The minimum Gasteiger partial charge on any atom is -0.378 e. The third kappa shape index (κ3) is 3.86. The topological polar surface area (TPSA) is 98.2 Å². The molecule has 0 unspecified atom stereocenters. The summed E-state index contributed by atoms with van der Waals surface area (Å²) < 4.78 is 0. The van der Waals surface area contributed by atoms with Gasteiger partial charge in [0, 0.05) is 25.0 Å². The van der Waals surface area contributed by atoms with Gasteiger partial charge in [0.25, 0.3) is 11.5 Å². The van der Waals surface area contributed by atoms with E-state index in [-0.39, 0.29) is 23.6 Å². The summed E-state index contributed by atoms with van der Waals surface area (Å²) in [5, 5.41) is 14.6. The zero-order valence-electron chi connectivity index (χ0n) is 17.4. The van der Waals surface area contributed by atoms with E-state index >= 15 is 0 Å². The smallest absolute Gasteiger partial charge is 0.282 e. The second-order valence-electron chi connectivity index (χ2n) is 7.50. The van der Waals surface area contributed by atoms with Crippen LogP contribution in [0.15, 0.2) is 58.4 Å². The van der Waals surface area contributed by atoms with Gasteiger partial charge in [0.05, 0.1) is 11.3 Å². The maximum Gasteiger partial charge on any atom is 0.282 e. The lowest BCUT2D eigenvalue weighted by Gasteiger charge is -2.12. The van der Waals surface area contributed by atoms with Crippen LogP contribution in [0.25, 0.3) is 6.08 Å². The molecule has 3 aromatic rings. The predicted molar refractivity (Wildman–Crippen MR) is 118 cm³/mol. The van der Waals surface area contributed by atoms with Crippen LogP contribution in [0.2, 0.25) is 0 Å². The number of aromatic nitrogens is 1. The van der Waals surface area contributed by atoms with E-state index in [0.29, 0.717) is 22.0 Å². The van der Waals surface area contributed by atoms with Crippen LogP contribution in [0.5, 0.6) is 0 Å². The molecule has 0 spiro atoms. The molecule has 0 saturated heterocycles. The summed E-state index contributed by atoms with van der Waals surface area (Å²) in [5.74, 6) is -0.312. The number of hydrogen-bond acceptors (Lipinski definition) is 6. The van der Waals surface area contributed by atoms with Gasteiger partial charge < -0.3 is 9.88 Å². The van der Waals surface area contributed by atoms with Crippen LogP contribution in [0, 0.1) is 6.92 Å². The first-order valence-corrected chi connectivity index (χ1v) is 9.69. The summed E-state index contributed by atoms with van der Waals surface area (Å²) in [6, 6.07) is 14.7. The molecule has 2 heterocycles. The highest BCUT2D eigenvalue weighted by Gasteiger charge is 2.28. The summed E-state index contributed by atoms with van der Waals surface area (Å²) in [6.07, 6.45) is 1.77. The lowest BCUT2D eigenvalue weighted by atomic mass is 10.1. The number of fused-ring (bicyclic) bond motifs is 1. The maximum absolute atomic E-state index is 13.1. The van der Waals surface area contributed by atoms with Crippen molar-refractivity contribution in [2.75, 3.05) is 24.0 Å². The zero-order chi connectivity index (χ0) is 22.1. The van der Waals surface area contributed by atoms with Gasteiger partial charge >= 0.3 is 0 Å². The number of carbonyl (C=O) groups is 1. The largest absolute Gasteiger partial charge is 0.378 e. The van der Waals surface area contributed by atoms with Crippen molar-refractivity contribution in [2.45, 2.75) is 13.5 Å². The van der Waals surface area contributed by atoms with E-state index in [2.05, 4.69) is 15.0 Å². The van der Waals surface area contributed by atoms with Crippen molar-refractivity contribution in [3.63, 3.8) is 0 Å². The lowest BCUT2D eigenvalue weighted by Crippen LogP contribution is -2.38. The molecule has 0 bridgehead atoms. The second-order valence-corrected chi connectivity index (χ2v) is 7.50. The number of nitrogens with one attached hydrogen (secondary N) is 1. The second kappa shape index (κ2) is 8.17. The first-order valence-electron chi connectivity index (χ1n) is 9.69. The first-order chi connectivity index (χ1) is 14.9. The Morgan fingerprint density at radius 1 is 1.10 bits per heavy atom. The van der Waals surface area contributed by atoms with E-state index in [9.17, 15) is 9.59 Å². The average Bonchev–Trinajstić information content (AvgIpc) is 3.08. The fourth-order valence-corrected chi connectivity index (χ4v) is 3.50. The van der Waals surface area contributed by atoms with Gasteiger partial charge in [-0.2, -0.15) is 5.01 Å². The van der Waals surface area contributed by atoms with Crippen molar-refractivity contribution >= 4 is 23.4 Å². The minimum atomic E-state index is -0.312. The molecule has 1 aliphatic heterocycles. The summed E-state index contributed by atoms with van der Waals surface area (Å²) in [5.41, 5.74) is 4.11. The van der Waals surface area contributed by atoms with Crippen molar-refractivity contribution in [2.24, 2.45) is 5.10 Å². The molecule has 1 aliphatic rings. The van der Waals surface area contributed by atoms with E-state index < -0.39 is 0 Å². The number of aromatic amines is 1. The number of rotatable bonds is 5. The molecule has 8 nitrogen and oxygen atoms in total. The van der Waals surface area contributed by atoms with Gasteiger partial charge in [0.1, 0.15) is 6.61 Å². The molecule has 1 aromatic heterocycles. The Morgan fingerprint density at radius 3 is 2.39 bits per heavy atom. The third-order valence-corrected chi connectivity index (χ3v) is 5.23. The van der Waals surface area contributed by atoms with Crippen molar-refractivity contribution < 1.29 is 14.9 Å². The molecular weight excluding hydrogens is 396 g/mol. The van der Waals surface area contributed by atoms with Crippen LogP contribution in [0.4, 0.5) is 11.4 Å². The first kappa shape index (κ1) is 20.5. The van der Waals surface area contributed by atoms with E-state index in [0.717, 1.165) is 16.8 Å². The minimum absolute atomic E-state index is 0.0484. The van der Waals surface area contributed by atoms with Gasteiger partial charge in [0.2, 0.25) is 0 Å². The highest BCUT2D eigenvalue weighted by Crippen LogP contribution is 2.21. The van der Waals surface area contributed by atoms with Gasteiger partial charge in [-0.3, -0.25) is 14.8 Å². The number of carbonyl (C=O) groups excluding carboxylic acids is 1. The Bertz CT molecular complexity index is 1310. The van der Waals surface area contributed by atoms with Crippen LogP contribution >= 0.6 is 0 Å². The van der Waals surface area contributed by atoms with Crippen molar-refractivity contribution in [1.29, 1.82) is 0 Å². The van der Waals surface area contributed by atoms with Crippen molar-refractivity contribution in [1.82, 2.24) is 4.98 Å². The fourth-order valence-electron chi connectivity index (χ4n) is 3.50. The number of hydrogen-bond donors (Lipinski definition) is 2. The van der Waals surface area contributed by atoms with Gasteiger partial charge in [-0.05, 0) is 54.0 Å². The molecule has 158 valence electrons. The number of benzene rings is 2. The molecular formula is C23H22N4O4. The Labute approximate surface area is 178 Å². The van der Waals surface area contributed by atoms with E-state index in [1.165, 1.54) is 5.01 Å². The molecule has 0 saturated carbocycles. The van der Waals surface area contributed by atoms with E-state index in [1.807, 2.05) is 43.3 Å². The number of H-pyrrole nitrogens is 1. The highest BCUT2D eigenvalue weighted by molar-refractivity contribution is 6.07. The predicted octanol–water partition coefficient (Wildman–Crippen LogP) is 1.76. The molecule has 8 heteroatoms. The van der Waals surface area contributed by atoms with Crippen LogP contribution in [-0.4, -0.2) is 30.2 Å². The van der Waals surface area contributed by atoms with Crippen LogP contribution in [0.3, 0.4) is 0 Å². The summed E-state index contributed by atoms with van der Waals surface area (Å²) >= 11 is 0. The van der Waals surface area contributed by atoms with Gasteiger partial charge in [-0.15, -0.1) is 5.10 Å². The summed E-state index contributed by atoms with van der Waals surface area (Å²) in [7, 11) is 3.92. The Kier molecular flexibility index (Phi) is 5.41. The van der Waals surface area contributed by atoms with Crippen LogP contribution in [0.1, 0.15) is 27.0 Å².